The van der Waals surface area contributed by atoms with E-state index < -0.39 is 4.92 Å². The maximum Gasteiger partial charge on any atom is 0.287 e. The third-order valence-electron chi connectivity index (χ3n) is 4.40. The second-order valence-electron chi connectivity index (χ2n) is 5.92. The van der Waals surface area contributed by atoms with Gasteiger partial charge in [-0.25, -0.2) is 0 Å². The number of rotatable bonds is 6. The molecule has 27 heavy (non-hydrogen) atoms. The number of halogens is 1. The maximum absolute atomic E-state index is 11.1. The van der Waals surface area contributed by atoms with Gasteiger partial charge in [0, 0.05) is 17.5 Å². The first-order chi connectivity index (χ1) is 13.0. The van der Waals surface area contributed by atoms with E-state index in [-0.39, 0.29) is 16.6 Å². The van der Waals surface area contributed by atoms with Gasteiger partial charge in [0.15, 0.2) is 0 Å². The Labute approximate surface area is 162 Å². The molecule has 6 heteroatoms. The van der Waals surface area contributed by atoms with E-state index in [2.05, 4.69) is 0 Å². The monoisotopic (exact) mass is 383 g/mol. The highest BCUT2D eigenvalue weighted by Crippen LogP contribution is 2.39. The van der Waals surface area contributed by atoms with Crippen LogP contribution in [0.3, 0.4) is 0 Å². The van der Waals surface area contributed by atoms with Crippen LogP contribution >= 0.6 is 11.6 Å². The normalized spacial score (nSPS) is 11.7. The van der Waals surface area contributed by atoms with Gasteiger partial charge in [0.05, 0.1) is 19.1 Å². The van der Waals surface area contributed by atoms with Gasteiger partial charge in [-0.05, 0) is 35.4 Å². The minimum Gasteiger partial charge on any atom is -0.497 e. The lowest BCUT2D eigenvalue weighted by molar-refractivity contribution is -0.384. The Morgan fingerprint density at radius 2 is 1.59 bits per heavy atom. The molecule has 0 bridgehead atoms. The molecule has 0 aliphatic carbocycles. The molecule has 3 aromatic rings. The van der Waals surface area contributed by atoms with E-state index >= 15 is 0 Å². The number of methoxy groups -OCH3 is 2. The van der Waals surface area contributed by atoms with Crippen molar-refractivity contribution in [1.82, 2.24) is 0 Å². The van der Waals surface area contributed by atoms with Crippen LogP contribution in [0.5, 0.6) is 11.5 Å². The first-order valence-corrected chi connectivity index (χ1v) is 8.63. The molecule has 138 valence electrons. The number of ether oxygens (including phenoxy) is 2. The Hall–Kier alpha value is -3.05. The van der Waals surface area contributed by atoms with E-state index in [1.54, 1.807) is 26.4 Å². The van der Waals surface area contributed by atoms with Gasteiger partial charge in [-0.1, -0.05) is 48.0 Å². The summed E-state index contributed by atoms with van der Waals surface area (Å²) in [5.74, 6) is 1.28. The molecule has 0 aromatic heterocycles. The van der Waals surface area contributed by atoms with E-state index in [1.807, 2.05) is 48.5 Å². The van der Waals surface area contributed by atoms with Gasteiger partial charge in [-0.2, -0.15) is 0 Å². The first kappa shape index (κ1) is 18.7. The van der Waals surface area contributed by atoms with Crippen molar-refractivity contribution in [1.29, 1.82) is 0 Å². The van der Waals surface area contributed by atoms with E-state index in [1.165, 1.54) is 6.07 Å². The highest BCUT2D eigenvalue weighted by molar-refractivity contribution is 6.32. The highest BCUT2D eigenvalue weighted by Gasteiger charge is 2.23. The molecular weight excluding hydrogens is 366 g/mol. The average Bonchev–Trinajstić information content (AvgIpc) is 2.69. The molecule has 0 fully saturated rings. The highest BCUT2D eigenvalue weighted by atomic mass is 35.5. The fourth-order valence-corrected chi connectivity index (χ4v) is 3.36. The zero-order valence-electron chi connectivity index (χ0n) is 14.9. The van der Waals surface area contributed by atoms with Crippen LogP contribution in [0.25, 0.3) is 0 Å². The number of hydrogen-bond donors (Lipinski definition) is 0. The van der Waals surface area contributed by atoms with Crippen LogP contribution < -0.4 is 9.47 Å². The molecule has 1 atom stereocenters. The van der Waals surface area contributed by atoms with Gasteiger partial charge in [0.25, 0.3) is 5.69 Å². The summed E-state index contributed by atoms with van der Waals surface area (Å²) in [5.41, 5.74) is 2.65. The molecule has 1 unspecified atom stereocenters. The quantitative estimate of drug-likeness (QED) is 0.323. The van der Waals surface area contributed by atoms with Crippen molar-refractivity contribution in [2.24, 2.45) is 0 Å². The molecule has 0 spiro atoms. The minimum absolute atomic E-state index is 0.103. The fourth-order valence-electron chi connectivity index (χ4n) is 3.10. The van der Waals surface area contributed by atoms with Crippen LogP contribution in [0.1, 0.15) is 22.6 Å². The third-order valence-corrected chi connectivity index (χ3v) is 4.70. The number of nitro groups is 1. The van der Waals surface area contributed by atoms with Crippen molar-refractivity contribution in [2.45, 2.75) is 5.92 Å². The van der Waals surface area contributed by atoms with Crippen molar-refractivity contribution < 1.29 is 14.4 Å². The fraction of sp³-hybridized carbons (Fsp3) is 0.143. The standard InChI is InChI=1S/C21H18ClNO4/c1-26-16-10-7-14(8-11-16)21(17-5-3-4-6-20(17)27-2)15-9-12-19(23(24)25)18(22)13-15/h3-13,21H,1-2H3. The zero-order chi connectivity index (χ0) is 19.4. The summed E-state index contributed by atoms with van der Waals surface area (Å²) in [6.45, 7) is 0. The molecule has 5 nitrogen and oxygen atoms in total. The molecule has 3 aromatic carbocycles. The molecule has 0 N–H and O–H groups in total. The summed E-state index contributed by atoms with van der Waals surface area (Å²) < 4.78 is 10.8. The van der Waals surface area contributed by atoms with E-state index in [0.29, 0.717) is 0 Å². The molecule has 0 aliphatic heterocycles. The zero-order valence-corrected chi connectivity index (χ0v) is 15.6. The predicted octanol–water partition coefficient (Wildman–Crippen LogP) is 5.45. The summed E-state index contributed by atoms with van der Waals surface area (Å²) in [7, 11) is 3.23. The Kier molecular flexibility index (Phi) is 5.62. The van der Waals surface area contributed by atoms with Crippen LogP contribution in [0, 0.1) is 10.1 Å². The van der Waals surface area contributed by atoms with E-state index in [9.17, 15) is 10.1 Å². The second kappa shape index (κ2) is 8.10. The van der Waals surface area contributed by atoms with Crippen LogP contribution in [0.4, 0.5) is 5.69 Å². The molecule has 0 saturated heterocycles. The molecule has 0 heterocycles. The Morgan fingerprint density at radius 3 is 2.19 bits per heavy atom. The summed E-state index contributed by atoms with van der Waals surface area (Å²) in [6, 6.07) is 20.2. The van der Waals surface area contributed by atoms with Crippen LogP contribution in [-0.2, 0) is 0 Å². The molecule has 0 radical (unpaired) electrons. The lowest BCUT2D eigenvalue weighted by Gasteiger charge is -2.21. The summed E-state index contributed by atoms with van der Waals surface area (Å²) in [6.07, 6.45) is 0. The average molecular weight is 384 g/mol. The number of benzene rings is 3. The topological polar surface area (TPSA) is 61.6 Å². The third kappa shape index (κ3) is 3.88. The molecule has 0 aliphatic rings. The van der Waals surface area contributed by atoms with Crippen LogP contribution in [-0.4, -0.2) is 19.1 Å². The summed E-state index contributed by atoms with van der Waals surface area (Å²) in [5, 5.41) is 11.2. The molecule has 0 saturated carbocycles. The SMILES string of the molecule is COc1ccc(C(c2ccc([N+](=O)[O-])c(Cl)c2)c2ccccc2OC)cc1. The smallest absolute Gasteiger partial charge is 0.287 e. The van der Waals surface area contributed by atoms with Gasteiger partial charge >= 0.3 is 0 Å². The van der Waals surface area contributed by atoms with Crippen LogP contribution in [0.15, 0.2) is 66.7 Å². The van der Waals surface area contributed by atoms with Crippen LogP contribution in [0.2, 0.25) is 5.02 Å². The Balaban J connectivity index is 2.18. The Bertz CT molecular complexity index is 957. The lowest BCUT2D eigenvalue weighted by atomic mass is 9.84. The second-order valence-corrected chi connectivity index (χ2v) is 6.32. The number of hydrogen-bond acceptors (Lipinski definition) is 4. The number of nitrogens with zero attached hydrogens (tertiary/aromatic N) is 1. The van der Waals surface area contributed by atoms with Crippen molar-refractivity contribution in [3.05, 3.63) is 98.6 Å². The molecule has 3 rings (SSSR count). The molecule has 0 amide bonds. The van der Waals surface area contributed by atoms with Crippen molar-refractivity contribution in [2.75, 3.05) is 14.2 Å². The predicted molar refractivity (Wildman–Crippen MR) is 105 cm³/mol. The lowest BCUT2D eigenvalue weighted by Crippen LogP contribution is -2.06. The summed E-state index contributed by atoms with van der Waals surface area (Å²) >= 11 is 6.17. The minimum atomic E-state index is -0.488. The maximum atomic E-state index is 11.1. The van der Waals surface area contributed by atoms with E-state index in [0.717, 1.165) is 28.2 Å². The van der Waals surface area contributed by atoms with Crippen molar-refractivity contribution in [3.63, 3.8) is 0 Å². The molecular formula is C21H18ClNO4. The summed E-state index contributed by atoms with van der Waals surface area (Å²) in [4.78, 5) is 10.6. The van der Waals surface area contributed by atoms with Gasteiger partial charge in [0.1, 0.15) is 16.5 Å². The van der Waals surface area contributed by atoms with Gasteiger partial charge in [-0.15, -0.1) is 0 Å². The van der Waals surface area contributed by atoms with Gasteiger partial charge in [-0.3, -0.25) is 10.1 Å². The van der Waals surface area contributed by atoms with Gasteiger partial charge < -0.3 is 9.47 Å². The van der Waals surface area contributed by atoms with Crippen molar-refractivity contribution in [3.8, 4) is 11.5 Å². The first-order valence-electron chi connectivity index (χ1n) is 8.26. The van der Waals surface area contributed by atoms with E-state index in [4.69, 9.17) is 21.1 Å². The Morgan fingerprint density at radius 1 is 0.926 bits per heavy atom. The van der Waals surface area contributed by atoms with Gasteiger partial charge in [0.2, 0.25) is 0 Å². The number of nitro benzene ring substituents is 1. The largest absolute Gasteiger partial charge is 0.497 e. The van der Waals surface area contributed by atoms with Crippen molar-refractivity contribution >= 4 is 17.3 Å². The number of para-hydroxylation sites is 1.